The van der Waals surface area contributed by atoms with Gasteiger partial charge in [-0.05, 0) is 24.8 Å². The predicted octanol–water partition coefficient (Wildman–Crippen LogP) is 3.25. The first kappa shape index (κ1) is 15.9. The lowest BCUT2D eigenvalue weighted by atomic mass is 10.1. The Labute approximate surface area is 133 Å². The maximum atomic E-state index is 12.2. The number of thioether (sulfide) groups is 1. The molecular formula is C14H17ClN4OS. The van der Waals surface area contributed by atoms with Gasteiger partial charge in [0.05, 0.1) is 23.8 Å². The van der Waals surface area contributed by atoms with Gasteiger partial charge in [-0.25, -0.2) is 4.68 Å². The lowest BCUT2D eigenvalue weighted by Crippen LogP contribution is -2.24. The van der Waals surface area contributed by atoms with Crippen molar-refractivity contribution in [2.45, 2.75) is 13.3 Å². The molecule has 0 aliphatic heterocycles. The first-order chi connectivity index (χ1) is 10.2. The fourth-order valence-electron chi connectivity index (χ4n) is 1.89. The van der Waals surface area contributed by atoms with Crippen LogP contribution in [-0.2, 0) is 4.79 Å². The lowest BCUT2D eigenvalue weighted by molar-refractivity contribution is -0.119. The molecule has 0 aliphatic carbocycles. The molecule has 2 heterocycles. The third-order valence-electron chi connectivity index (χ3n) is 3.09. The van der Waals surface area contributed by atoms with Crippen LogP contribution in [0.2, 0.25) is 5.15 Å². The van der Waals surface area contributed by atoms with Gasteiger partial charge in [-0.15, -0.1) is 0 Å². The van der Waals surface area contributed by atoms with Crippen molar-refractivity contribution in [1.82, 2.24) is 14.8 Å². The number of hydrogen-bond acceptors (Lipinski definition) is 4. The Morgan fingerprint density at radius 1 is 1.52 bits per heavy atom. The van der Waals surface area contributed by atoms with Crippen LogP contribution in [0.25, 0.3) is 5.69 Å². The van der Waals surface area contributed by atoms with Crippen molar-refractivity contribution in [3.8, 4) is 5.69 Å². The number of halogens is 1. The van der Waals surface area contributed by atoms with Crippen LogP contribution in [0.4, 0.5) is 5.69 Å². The van der Waals surface area contributed by atoms with Gasteiger partial charge in [-0.1, -0.05) is 18.5 Å². The van der Waals surface area contributed by atoms with E-state index in [4.69, 9.17) is 11.6 Å². The van der Waals surface area contributed by atoms with Crippen LogP contribution in [0.3, 0.4) is 0 Å². The molecule has 7 heteroatoms. The standard InChI is InChI=1S/C14H17ClN4OS/c1-3-10(9-21-2)14(20)18-12-8-17-19(13(12)15)11-5-4-6-16-7-11/h4-8,10H,3,9H2,1-2H3,(H,18,20). The van der Waals surface area contributed by atoms with Crippen molar-refractivity contribution in [1.29, 1.82) is 0 Å². The van der Waals surface area contributed by atoms with Crippen molar-refractivity contribution < 1.29 is 4.79 Å². The van der Waals surface area contributed by atoms with Gasteiger partial charge in [0.15, 0.2) is 5.15 Å². The molecule has 2 aromatic heterocycles. The Balaban J connectivity index is 2.16. The van der Waals surface area contributed by atoms with Crippen LogP contribution in [0.1, 0.15) is 13.3 Å². The Kier molecular flexibility index (Phi) is 5.64. The van der Waals surface area contributed by atoms with Crippen molar-refractivity contribution in [2.75, 3.05) is 17.3 Å². The summed E-state index contributed by atoms with van der Waals surface area (Å²) in [5.41, 5.74) is 1.27. The molecule has 1 unspecified atom stereocenters. The number of anilines is 1. The molecule has 112 valence electrons. The minimum Gasteiger partial charge on any atom is -0.322 e. The third-order valence-corrected chi connectivity index (χ3v) is 4.19. The van der Waals surface area contributed by atoms with Gasteiger partial charge in [0.1, 0.15) is 0 Å². The van der Waals surface area contributed by atoms with Crippen LogP contribution in [-0.4, -0.2) is 32.7 Å². The second-order valence-corrected chi connectivity index (χ2v) is 5.79. The molecule has 0 radical (unpaired) electrons. The fraction of sp³-hybridized carbons (Fsp3) is 0.357. The monoisotopic (exact) mass is 324 g/mol. The van der Waals surface area contributed by atoms with E-state index in [1.54, 1.807) is 41.1 Å². The van der Waals surface area contributed by atoms with Gasteiger partial charge in [0.2, 0.25) is 5.91 Å². The van der Waals surface area contributed by atoms with Gasteiger partial charge in [0, 0.05) is 17.9 Å². The number of pyridine rings is 1. The molecule has 21 heavy (non-hydrogen) atoms. The Bertz CT molecular complexity index is 602. The van der Waals surface area contributed by atoms with E-state index in [9.17, 15) is 4.79 Å². The lowest BCUT2D eigenvalue weighted by Gasteiger charge is -2.13. The van der Waals surface area contributed by atoms with Gasteiger partial charge >= 0.3 is 0 Å². The Morgan fingerprint density at radius 2 is 2.33 bits per heavy atom. The highest BCUT2D eigenvalue weighted by molar-refractivity contribution is 7.98. The molecule has 0 saturated carbocycles. The maximum absolute atomic E-state index is 12.2. The molecule has 1 amide bonds. The van der Waals surface area contributed by atoms with E-state index in [0.717, 1.165) is 17.9 Å². The topological polar surface area (TPSA) is 59.8 Å². The second kappa shape index (κ2) is 7.47. The second-order valence-electron chi connectivity index (χ2n) is 4.52. The summed E-state index contributed by atoms with van der Waals surface area (Å²) >= 11 is 7.94. The largest absolute Gasteiger partial charge is 0.322 e. The molecule has 5 nitrogen and oxygen atoms in total. The molecule has 0 fully saturated rings. The van der Waals surface area contributed by atoms with E-state index < -0.39 is 0 Å². The van der Waals surface area contributed by atoms with Crippen molar-refractivity contribution in [3.05, 3.63) is 35.9 Å². The minimum absolute atomic E-state index is 0.0283. The van der Waals surface area contributed by atoms with E-state index in [-0.39, 0.29) is 11.8 Å². The Hall–Kier alpha value is -1.53. The highest BCUT2D eigenvalue weighted by Crippen LogP contribution is 2.25. The van der Waals surface area contributed by atoms with E-state index >= 15 is 0 Å². The van der Waals surface area contributed by atoms with Gasteiger partial charge < -0.3 is 5.32 Å². The summed E-state index contributed by atoms with van der Waals surface area (Å²) in [7, 11) is 0. The molecule has 1 atom stereocenters. The number of rotatable bonds is 6. The summed E-state index contributed by atoms with van der Waals surface area (Å²) in [5.74, 6) is 0.730. The third kappa shape index (κ3) is 3.77. The molecule has 2 aromatic rings. The number of carbonyl (C=O) groups excluding carboxylic acids is 1. The summed E-state index contributed by atoms with van der Waals surface area (Å²) in [6.45, 7) is 2.00. The zero-order valence-corrected chi connectivity index (χ0v) is 13.5. The number of amides is 1. The number of carbonyl (C=O) groups is 1. The SMILES string of the molecule is CCC(CSC)C(=O)Nc1cnn(-c2cccnc2)c1Cl. The molecule has 0 bridgehead atoms. The van der Waals surface area contributed by atoms with E-state index in [2.05, 4.69) is 15.4 Å². The van der Waals surface area contributed by atoms with Crippen LogP contribution in [0.5, 0.6) is 0 Å². The summed E-state index contributed by atoms with van der Waals surface area (Å²) in [6, 6.07) is 3.65. The zero-order chi connectivity index (χ0) is 15.2. The van der Waals surface area contributed by atoms with Gasteiger partial charge in [0.25, 0.3) is 0 Å². The highest BCUT2D eigenvalue weighted by Gasteiger charge is 2.19. The Morgan fingerprint density at radius 3 is 2.95 bits per heavy atom. The summed E-state index contributed by atoms with van der Waals surface area (Å²) in [5, 5.41) is 7.41. The van der Waals surface area contributed by atoms with E-state index in [1.165, 1.54) is 0 Å². The first-order valence-electron chi connectivity index (χ1n) is 6.61. The van der Waals surface area contributed by atoms with E-state index in [1.807, 2.05) is 19.2 Å². The molecule has 0 aliphatic rings. The van der Waals surface area contributed by atoms with Crippen LogP contribution < -0.4 is 5.32 Å². The maximum Gasteiger partial charge on any atom is 0.228 e. The molecule has 1 N–H and O–H groups in total. The number of nitrogens with zero attached hydrogens (tertiary/aromatic N) is 3. The quantitative estimate of drug-likeness (QED) is 0.886. The molecule has 0 saturated heterocycles. The molecular weight excluding hydrogens is 308 g/mol. The predicted molar refractivity (Wildman–Crippen MR) is 87.2 cm³/mol. The number of aromatic nitrogens is 3. The van der Waals surface area contributed by atoms with Crippen molar-refractivity contribution in [3.63, 3.8) is 0 Å². The average molecular weight is 325 g/mol. The number of hydrogen-bond donors (Lipinski definition) is 1. The summed E-state index contributed by atoms with van der Waals surface area (Å²) in [4.78, 5) is 16.2. The molecule has 0 aromatic carbocycles. The first-order valence-corrected chi connectivity index (χ1v) is 8.38. The fourth-order valence-corrected chi connectivity index (χ4v) is 2.92. The smallest absolute Gasteiger partial charge is 0.228 e. The molecule has 2 rings (SSSR count). The summed E-state index contributed by atoms with van der Waals surface area (Å²) in [6.07, 6.45) is 7.67. The van der Waals surface area contributed by atoms with Crippen LogP contribution in [0.15, 0.2) is 30.7 Å². The number of nitrogens with one attached hydrogen (secondary N) is 1. The molecule has 0 spiro atoms. The van der Waals surface area contributed by atoms with Crippen LogP contribution in [0, 0.1) is 5.92 Å². The zero-order valence-electron chi connectivity index (χ0n) is 11.9. The highest BCUT2D eigenvalue weighted by atomic mass is 35.5. The average Bonchev–Trinajstić information content (AvgIpc) is 2.86. The van der Waals surface area contributed by atoms with Gasteiger partial charge in [-0.2, -0.15) is 16.9 Å². The van der Waals surface area contributed by atoms with Crippen molar-refractivity contribution >= 4 is 35.0 Å². The minimum atomic E-state index is -0.0298. The van der Waals surface area contributed by atoms with E-state index in [0.29, 0.717) is 10.8 Å². The van der Waals surface area contributed by atoms with Gasteiger partial charge in [-0.3, -0.25) is 9.78 Å². The summed E-state index contributed by atoms with van der Waals surface area (Å²) < 4.78 is 1.54. The normalized spacial score (nSPS) is 12.1. The van der Waals surface area contributed by atoms with Crippen molar-refractivity contribution in [2.24, 2.45) is 5.92 Å². The van der Waals surface area contributed by atoms with Crippen LogP contribution >= 0.6 is 23.4 Å².